The van der Waals surface area contributed by atoms with E-state index in [9.17, 15) is 9.00 Å². The molecule has 0 aromatic rings. The van der Waals surface area contributed by atoms with E-state index in [1.807, 2.05) is 6.92 Å². The average molecular weight is 216 g/mol. The van der Waals surface area contributed by atoms with Gasteiger partial charge in [-0.25, -0.2) is 0 Å². The molecule has 1 aliphatic carbocycles. The number of nitrogens with zero attached hydrogens (tertiary/aromatic N) is 1. The van der Waals surface area contributed by atoms with Crippen molar-refractivity contribution >= 4 is 16.7 Å². The molecule has 5 heteroatoms. The molecule has 1 N–H and O–H groups in total. The summed E-state index contributed by atoms with van der Waals surface area (Å²) in [5.74, 6) is 0.204. The Morgan fingerprint density at radius 2 is 2.29 bits per heavy atom. The van der Waals surface area contributed by atoms with Crippen LogP contribution in [0.15, 0.2) is 0 Å². The average Bonchev–Trinajstić information content (AvgIpc) is 2.85. The maximum Gasteiger partial charge on any atom is 0.243 e. The highest BCUT2D eigenvalue weighted by atomic mass is 32.2. The molecule has 0 aromatic heterocycles. The minimum Gasteiger partial charge on any atom is -0.327 e. The van der Waals surface area contributed by atoms with Crippen molar-refractivity contribution in [2.45, 2.75) is 30.6 Å². The molecular formula is C9H16N2O2S. The molecule has 2 unspecified atom stereocenters. The Bertz CT molecular complexity index is 289. The topological polar surface area (TPSA) is 49.4 Å². The lowest BCUT2D eigenvalue weighted by Crippen LogP contribution is -2.37. The van der Waals surface area contributed by atoms with E-state index in [2.05, 4.69) is 5.32 Å². The third-order valence-corrected chi connectivity index (χ3v) is 4.38. The summed E-state index contributed by atoms with van der Waals surface area (Å²) >= 11 is 0. The lowest BCUT2D eigenvalue weighted by Gasteiger charge is -2.18. The van der Waals surface area contributed by atoms with Crippen LogP contribution in [0.3, 0.4) is 0 Å². The van der Waals surface area contributed by atoms with Crippen molar-refractivity contribution in [2.75, 3.05) is 19.5 Å². The molecule has 2 aliphatic rings. The van der Waals surface area contributed by atoms with Crippen LogP contribution >= 0.6 is 0 Å². The molecule has 2 fully saturated rings. The monoisotopic (exact) mass is 216 g/mol. The van der Waals surface area contributed by atoms with Crippen molar-refractivity contribution in [3.8, 4) is 0 Å². The van der Waals surface area contributed by atoms with Gasteiger partial charge in [-0.3, -0.25) is 14.3 Å². The Morgan fingerprint density at radius 3 is 2.71 bits per heavy atom. The maximum atomic E-state index is 11.8. The Morgan fingerprint density at radius 1 is 1.64 bits per heavy atom. The fourth-order valence-electron chi connectivity index (χ4n) is 1.78. The second kappa shape index (κ2) is 3.31. The first-order valence-electron chi connectivity index (χ1n) is 4.92. The second-order valence-electron chi connectivity index (χ2n) is 4.25. The smallest absolute Gasteiger partial charge is 0.243 e. The predicted octanol–water partition coefficient (Wildman–Crippen LogP) is -0.325. The zero-order valence-electron chi connectivity index (χ0n) is 8.58. The molecule has 14 heavy (non-hydrogen) atoms. The minimum absolute atomic E-state index is 0.0645. The van der Waals surface area contributed by atoms with Crippen molar-refractivity contribution in [1.82, 2.24) is 10.2 Å². The van der Waals surface area contributed by atoms with E-state index in [0.29, 0.717) is 13.2 Å². The van der Waals surface area contributed by atoms with Crippen LogP contribution in [0.1, 0.15) is 19.8 Å². The van der Waals surface area contributed by atoms with E-state index in [1.165, 1.54) is 0 Å². The molecule has 80 valence electrons. The van der Waals surface area contributed by atoms with Crippen molar-refractivity contribution in [2.24, 2.45) is 0 Å². The summed E-state index contributed by atoms with van der Waals surface area (Å²) in [6.45, 7) is 3.15. The first kappa shape index (κ1) is 10.1. The number of nitrogens with one attached hydrogen (secondary N) is 1. The number of carbonyl (C=O) groups is 1. The van der Waals surface area contributed by atoms with E-state index in [4.69, 9.17) is 0 Å². The van der Waals surface area contributed by atoms with Crippen molar-refractivity contribution in [3.63, 3.8) is 0 Å². The largest absolute Gasteiger partial charge is 0.327 e. The van der Waals surface area contributed by atoms with Crippen LogP contribution in [0.5, 0.6) is 0 Å². The maximum absolute atomic E-state index is 11.8. The summed E-state index contributed by atoms with van der Waals surface area (Å²) in [6, 6.07) is 0. The van der Waals surface area contributed by atoms with E-state index >= 15 is 0 Å². The van der Waals surface area contributed by atoms with E-state index in [-0.39, 0.29) is 16.7 Å². The van der Waals surface area contributed by atoms with Gasteiger partial charge in [-0.05, 0) is 19.8 Å². The summed E-state index contributed by atoms with van der Waals surface area (Å²) in [5.41, 5.74) is -0.213. The molecule has 1 amide bonds. The summed E-state index contributed by atoms with van der Waals surface area (Å²) in [5, 5.41) is 3.29. The highest BCUT2D eigenvalue weighted by molar-refractivity contribution is 7.84. The SMILES string of the molecule is CC(CN1CNC2(CC2)C1=O)S(C)=O. The minimum atomic E-state index is -0.847. The van der Waals surface area contributed by atoms with Gasteiger partial charge in [0.25, 0.3) is 0 Å². The standard InChI is InChI=1S/C9H16N2O2S/c1-7(14(2)13)5-11-6-10-9(3-4-9)8(11)12/h7,10H,3-6H2,1-2H3. The van der Waals surface area contributed by atoms with Gasteiger partial charge in [0.1, 0.15) is 0 Å². The van der Waals surface area contributed by atoms with Crippen LogP contribution in [0.2, 0.25) is 0 Å². The summed E-state index contributed by atoms with van der Waals surface area (Å²) in [4.78, 5) is 13.6. The van der Waals surface area contributed by atoms with Crippen LogP contribution < -0.4 is 5.32 Å². The summed E-state index contributed by atoms with van der Waals surface area (Å²) in [7, 11) is -0.847. The van der Waals surface area contributed by atoms with Crippen molar-refractivity contribution in [1.29, 1.82) is 0 Å². The molecule has 0 aromatic carbocycles. The van der Waals surface area contributed by atoms with Gasteiger partial charge in [0.2, 0.25) is 5.91 Å². The first-order chi connectivity index (χ1) is 6.55. The summed E-state index contributed by atoms with van der Waals surface area (Å²) in [6.07, 6.45) is 3.61. The van der Waals surface area contributed by atoms with Crippen LogP contribution in [0, 0.1) is 0 Å². The van der Waals surface area contributed by atoms with E-state index in [1.54, 1.807) is 11.2 Å². The Balaban J connectivity index is 1.94. The molecule has 0 bridgehead atoms. The number of amides is 1. The third-order valence-electron chi connectivity index (χ3n) is 3.10. The van der Waals surface area contributed by atoms with Gasteiger partial charge >= 0.3 is 0 Å². The molecule has 2 atom stereocenters. The van der Waals surface area contributed by atoms with Crippen molar-refractivity contribution in [3.05, 3.63) is 0 Å². The molecule has 0 radical (unpaired) electrons. The fourth-order valence-corrected chi connectivity index (χ4v) is 2.17. The van der Waals surface area contributed by atoms with Gasteiger partial charge in [-0.2, -0.15) is 0 Å². The Labute approximate surface area is 86.5 Å². The molecule has 1 aliphatic heterocycles. The van der Waals surface area contributed by atoms with Crippen LogP contribution in [-0.2, 0) is 15.6 Å². The highest BCUT2D eigenvalue weighted by Gasteiger charge is 2.55. The Hall–Kier alpha value is -0.420. The van der Waals surface area contributed by atoms with Crippen molar-refractivity contribution < 1.29 is 9.00 Å². The fraction of sp³-hybridized carbons (Fsp3) is 0.889. The van der Waals surface area contributed by atoms with Gasteiger partial charge in [-0.15, -0.1) is 0 Å². The quantitative estimate of drug-likeness (QED) is 0.703. The molecule has 1 saturated heterocycles. The zero-order chi connectivity index (χ0) is 10.3. The Kier molecular flexibility index (Phi) is 2.39. The van der Waals surface area contributed by atoms with Gasteiger partial charge in [-0.1, -0.05) is 0 Å². The second-order valence-corrected chi connectivity index (χ2v) is 6.06. The molecule has 1 saturated carbocycles. The number of carbonyl (C=O) groups excluding carboxylic acids is 1. The predicted molar refractivity (Wildman–Crippen MR) is 55.2 cm³/mol. The number of hydrogen-bond donors (Lipinski definition) is 1. The van der Waals surface area contributed by atoms with Crippen LogP contribution in [-0.4, -0.2) is 45.3 Å². The molecular weight excluding hydrogens is 200 g/mol. The third kappa shape index (κ3) is 1.59. The van der Waals surface area contributed by atoms with E-state index in [0.717, 1.165) is 12.8 Å². The highest BCUT2D eigenvalue weighted by Crippen LogP contribution is 2.40. The molecule has 4 nitrogen and oxygen atoms in total. The number of rotatable bonds is 3. The number of hydrogen-bond acceptors (Lipinski definition) is 3. The van der Waals surface area contributed by atoms with Gasteiger partial charge in [0.15, 0.2) is 0 Å². The summed E-state index contributed by atoms with van der Waals surface area (Å²) < 4.78 is 11.2. The van der Waals surface area contributed by atoms with Gasteiger partial charge in [0, 0.05) is 28.9 Å². The first-order valence-corrected chi connectivity index (χ1v) is 6.54. The normalized spacial score (nSPS) is 28.1. The van der Waals surface area contributed by atoms with E-state index < -0.39 is 10.8 Å². The molecule has 1 spiro atoms. The molecule has 2 rings (SSSR count). The zero-order valence-corrected chi connectivity index (χ0v) is 9.39. The molecule has 1 heterocycles. The van der Waals surface area contributed by atoms with Crippen LogP contribution in [0.4, 0.5) is 0 Å². The van der Waals surface area contributed by atoms with Gasteiger partial charge < -0.3 is 4.90 Å². The lowest BCUT2D eigenvalue weighted by molar-refractivity contribution is -0.129. The lowest BCUT2D eigenvalue weighted by atomic mass is 10.2. The van der Waals surface area contributed by atoms with Crippen LogP contribution in [0.25, 0.3) is 0 Å². The van der Waals surface area contributed by atoms with Gasteiger partial charge in [0.05, 0.1) is 12.2 Å².